The summed E-state index contributed by atoms with van der Waals surface area (Å²) < 4.78 is 5.05. The van der Waals surface area contributed by atoms with Gasteiger partial charge in [-0.3, -0.25) is 5.43 Å². The smallest absolute Gasteiger partial charge is 0.421 e. The van der Waals surface area contributed by atoms with E-state index in [4.69, 9.17) is 10.6 Å². The quantitative estimate of drug-likeness (QED) is 0.271. The number of ether oxygens (including phenoxy) is 1. The van der Waals surface area contributed by atoms with Gasteiger partial charge in [0.05, 0.1) is 0 Å². The van der Waals surface area contributed by atoms with E-state index in [0.29, 0.717) is 0 Å². The molecule has 4 nitrogen and oxygen atoms in total. The van der Waals surface area contributed by atoms with E-state index in [-0.39, 0.29) is 6.10 Å². The summed E-state index contributed by atoms with van der Waals surface area (Å²) in [5.74, 6) is 4.90. The Bertz CT molecular complexity index is 142. The summed E-state index contributed by atoms with van der Waals surface area (Å²) in [6.45, 7) is 0. The first kappa shape index (κ1) is 9.32. The SMILES string of the molecule is NNC(=O)OC1CCCCCC1. The number of hydrogen-bond donors (Lipinski definition) is 2. The molecule has 12 heavy (non-hydrogen) atoms. The second kappa shape index (κ2) is 4.98. The number of nitrogens with two attached hydrogens (primary N) is 1. The number of hydrazine groups is 1. The number of hydrogen-bond acceptors (Lipinski definition) is 3. The minimum absolute atomic E-state index is 0.0797. The number of rotatable bonds is 1. The molecule has 1 saturated carbocycles. The van der Waals surface area contributed by atoms with Crippen LogP contribution in [0.15, 0.2) is 0 Å². The minimum atomic E-state index is -0.512. The van der Waals surface area contributed by atoms with Crippen molar-refractivity contribution in [3.05, 3.63) is 0 Å². The monoisotopic (exact) mass is 172 g/mol. The molecule has 3 N–H and O–H groups in total. The molecule has 0 atom stereocenters. The predicted octanol–water partition coefficient (Wildman–Crippen LogP) is 1.31. The van der Waals surface area contributed by atoms with Crippen LogP contribution in [-0.4, -0.2) is 12.2 Å². The predicted molar refractivity (Wildman–Crippen MR) is 45.3 cm³/mol. The van der Waals surface area contributed by atoms with Gasteiger partial charge in [-0.2, -0.15) is 0 Å². The van der Waals surface area contributed by atoms with Crippen LogP contribution in [0.25, 0.3) is 0 Å². The molecule has 1 rings (SSSR count). The average molecular weight is 172 g/mol. The van der Waals surface area contributed by atoms with Gasteiger partial charge in [0, 0.05) is 0 Å². The van der Waals surface area contributed by atoms with Crippen molar-refractivity contribution < 1.29 is 9.53 Å². The van der Waals surface area contributed by atoms with E-state index in [1.165, 1.54) is 12.8 Å². The van der Waals surface area contributed by atoms with Gasteiger partial charge in [-0.15, -0.1) is 0 Å². The first-order valence-corrected chi connectivity index (χ1v) is 4.50. The molecule has 0 aromatic rings. The molecule has 1 aliphatic rings. The van der Waals surface area contributed by atoms with E-state index in [1.54, 1.807) is 0 Å². The Balaban J connectivity index is 2.24. The Morgan fingerprint density at radius 2 is 1.83 bits per heavy atom. The molecule has 0 unspecified atom stereocenters. The second-order valence-electron chi connectivity index (χ2n) is 3.16. The maximum Gasteiger partial charge on any atom is 0.421 e. The van der Waals surface area contributed by atoms with E-state index >= 15 is 0 Å². The van der Waals surface area contributed by atoms with Crippen LogP contribution >= 0.6 is 0 Å². The van der Waals surface area contributed by atoms with E-state index in [2.05, 4.69) is 0 Å². The van der Waals surface area contributed by atoms with Gasteiger partial charge in [0.2, 0.25) is 0 Å². The van der Waals surface area contributed by atoms with Crippen molar-refractivity contribution in [1.29, 1.82) is 0 Å². The van der Waals surface area contributed by atoms with Crippen LogP contribution in [-0.2, 0) is 4.74 Å². The third-order valence-corrected chi connectivity index (χ3v) is 2.19. The van der Waals surface area contributed by atoms with Gasteiger partial charge in [0.25, 0.3) is 0 Å². The summed E-state index contributed by atoms with van der Waals surface area (Å²) >= 11 is 0. The number of carbonyl (C=O) groups is 1. The third kappa shape index (κ3) is 3.09. The Kier molecular flexibility index (Phi) is 3.87. The largest absolute Gasteiger partial charge is 0.445 e. The molecule has 1 aliphatic carbocycles. The summed E-state index contributed by atoms with van der Waals surface area (Å²) in [6, 6.07) is 0. The van der Waals surface area contributed by atoms with E-state index in [0.717, 1.165) is 25.7 Å². The van der Waals surface area contributed by atoms with Crippen molar-refractivity contribution in [2.45, 2.75) is 44.6 Å². The fraction of sp³-hybridized carbons (Fsp3) is 0.875. The molecule has 0 aromatic carbocycles. The Morgan fingerprint density at radius 3 is 2.33 bits per heavy atom. The molecule has 70 valence electrons. The third-order valence-electron chi connectivity index (χ3n) is 2.19. The summed E-state index contributed by atoms with van der Waals surface area (Å²) in [6.07, 6.45) is 6.35. The number of carbonyl (C=O) groups excluding carboxylic acids is 1. The normalized spacial score (nSPS) is 19.8. The number of nitrogens with one attached hydrogen (secondary N) is 1. The van der Waals surface area contributed by atoms with Gasteiger partial charge in [-0.05, 0) is 25.7 Å². The summed E-state index contributed by atoms with van der Waals surface area (Å²) in [5.41, 5.74) is 1.97. The van der Waals surface area contributed by atoms with Crippen molar-refractivity contribution in [2.75, 3.05) is 0 Å². The summed E-state index contributed by atoms with van der Waals surface area (Å²) in [4.78, 5) is 10.7. The molecule has 1 fully saturated rings. The van der Waals surface area contributed by atoms with Crippen LogP contribution < -0.4 is 11.3 Å². The van der Waals surface area contributed by atoms with Crippen LogP contribution in [0, 0.1) is 0 Å². The van der Waals surface area contributed by atoms with Crippen molar-refractivity contribution in [3.63, 3.8) is 0 Å². The fourth-order valence-corrected chi connectivity index (χ4v) is 1.55. The molecule has 1 amide bonds. The highest BCUT2D eigenvalue weighted by Crippen LogP contribution is 2.19. The molecule has 0 saturated heterocycles. The maximum atomic E-state index is 10.7. The van der Waals surface area contributed by atoms with Gasteiger partial charge < -0.3 is 4.74 Å². The zero-order valence-corrected chi connectivity index (χ0v) is 7.21. The van der Waals surface area contributed by atoms with Gasteiger partial charge in [0.15, 0.2) is 0 Å². The van der Waals surface area contributed by atoms with Gasteiger partial charge in [-0.1, -0.05) is 12.8 Å². The van der Waals surface area contributed by atoms with E-state index < -0.39 is 6.09 Å². The fourth-order valence-electron chi connectivity index (χ4n) is 1.55. The molecule has 0 heterocycles. The highest BCUT2D eigenvalue weighted by Gasteiger charge is 2.15. The van der Waals surface area contributed by atoms with Gasteiger partial charge in [-0.25, -0.2) is 10.6 Å². The zero-order chi connectivity index (χ0) is 8.81. The second-order valence-corrected chi connectivity index (χ2v) is 3.16. The molecular formula is C8H16N2O2. The maximum absolute atomic E-state index is 10.7. The highest BCUT2D eigenvalue weighted by atomic mass is 16.6. The molecule has 4 heteroatoms. The Hall–Kier alpha value is -0.770. The first-order chi connectivity index (χ1) is 5.83. The first-order valence-electron chi connectivity index (χ1n) is 4.50. The lowest BCUT2D eigenvalue weighted by Gasteiger charge is -2.14. The minimum Gasteiger partial charge on any atom is -0.445 e. The standard InChI is InChI=1S/C8H16N2O2/c9-10-8(11)12-7-5-3-1-2-4-6-7/h7H,1-6,9H2,(H,10,11). The molecule has 0 bridgehead atoms. The van der Waals surface area contributed by atoms with Crippen molar-refractivity contribution >= 4 is 6.09 Å². The average Bonchev–Trinajstić information content (AvgIpc) is 2.33. The van der Waals surface area contributed by atoms with Crippen LogP contribution in [0.3, 0.4) is 0 Å². The lowest BCUT2D eigenvalue weighted by Crippen LogP contribution is -2.33. The van der Waals surface area contributed by atoms with Crippen LogP contribution in [0.5, 0.6) is 0 Å². The lowest BCUT2D eigenvalue weighted by atomic mass is 10.2. The lowest BCUT2D eigenvalue weighted by molar-refractivity contribution is 0.0889. The van der Waals surface area contributed by atoms with E-state index in [1.807, 2.05) is 5.43 Å². The van der Waals surface area contributed by atoms with Crippen molar-refractivity contribution in [3.8, 4) is 0 Å². The molecule has 0 radical (unpaired) electrons. The number of amides is 1. The molecule has 0 aliphatic heterocycles. The summed E-state index contributed by atoms with van der Waals surface area (Å²) in [5, 5.41) is 0. The Morgan fingerprint density at radius 1 is 1.25 bits per heavy atom. The van der Waals surface area contributed by atoms with Gasteiger partial charge in [0.1, 0.15) is 6.10 Å². The summed E-state index contributed by atoms with van der Waals surface area (Å²) in [7, 11) is 0. The van der Waals surface area contributed by atoms with E-state index in [9.17, 15) is 4.79 Å². The van der Waals surface area contributed by atoms with Gasteiger partial charge >= 0.3 is 6.09 Å². The van der Waals surface area contributed by atoms with Crippen molar-refractivity contribution in [2.24, 2.45) is 5.84 Å². The topological polar surface area (TPSA) is 64.3 Å². The molecule has 0 aromatic heterocycles. The van der Waals surface area contributed by atoms with Crippen LogP contribution in [0.2, 0.25) is 0 Å². The Labute approximate surface area is 72.4 Å². The van der Waals surface area contributed by atoms with Crippen LogP contribution in [0.1, 0.15) is 38.5 Å². The van der Waals surface area contributed by atoms with Crippen LogP contribution in [0.4, 0.5) is 4.79 Å². The van der Waals surface area contributed by atoms with Crippen molar-refractivity contribution in [1.82, 2.24) is 5.43 Å². The zero-order valence-electron chi connectivity index (χ0n) is 7.21. The highest BCUT2D eigenvalue weighted by molar-refractivity contribution is 5.66. The molecule has 0 spiro atoms. The molecular weight excluding hydrogens is 156 g/mol.